The van der Waals surface area contributed by atoms with Gasteiger partial charge in [-0.15, -0.1) is 0 Å². The van der Waals surface area contributed by atoms with Crippen LogP contribution in [0.15, 0.2) is 82.3 Å². The normalized spacial score (nSPS) is 12.1. The van der Waals surface area contributed by atoms with Gasteiger partial charge >= 0.3 is 6.09 Å². The second-order valence-electron chi connectivity index (χ2n) is 12.1. The molecular weight excluding hydrogens is 568 g/mol. The monoisotopic (exact) mass is 608 g/mol. The zero-order valence-electron chi connectivity index (χ0n) is 24.4. The Morgan fingerprint density at radius 1 is 0.872 bits per heavy atom. The minimum Gasteiger partial charge on any atom is -0.444 e. The van der Waals surface area contributed by atoms with Crippen molar-refractivity contribution in [3.05, 3.63) is 99.5 Å². The fraction of sp³-hybridized carbons (Fsp3) is 0.375. The van der Waals surface area contributed by atoms with E-state index in [9.17, 15) is 4.79 Å². The molecule has 208 valence electrons. The first-order chi connectivity index (χ1) is 18.2. The summed E-state index contributed by atoms with van der Waals surface area (Å²) in [6.07, 6.45) is -0.474. The molecule has 0 aliphatic rings. The maximum atomic E-state index is 12.6. The lowest BCUT2D eigenvalue weighted by Gasteiger charge is -2.36. The lowest BCUT2D eigenvalue weighted by Crippen LogP contribution is -2.40. The van der Waals surface area contributed by atoms with Gasteiger partial charge in [0.2, 0.25) is 0 Å². The number of ether oxygens (including phenoxy) is 1. The smallest absolute Gasteiger partial charge is 0.407 e. The fourth-order valence-electron chi connectivity index (χ4n) is 3.60. The van der Waals surface area contributed by atoms with Crippen molar-refractivity contribution in [2.75, 3.05) is 0 Å². The number of rotatable bonds is 8. The molecule has 0 fully saturated rings. The summed E-state index contributed by atoms with van der Waals surface area (Å²) in [6, 6.07) is 24.3. The maximum absolute atomic E-state index is 12.6. The number of aliphatic imine (C=N–C) groups is 1. The fourth-order valence-corrected chi connectivity index (χ4v) is 5.14. The lowest BCUT2D eigenvalue weighted by molar-refractivity contribution is 0.0523. The molecule has 0 saturated heterocycles. The Labute approximate surface area is 243 Å². The number of hydrogen-bond acceptors (Lipinski definition) is 4. The summed E-state index contributed by atoms with van der Waals surface area (Å²) < 4.78 is 12.9. The van der Waals surface area contributed by atoms with E-state index in [1.807, 2.05) is 63.2 Å². The van der Waals surface area contributed by atoms with Gasteiger partial charge in [0.25, 0.3) is 0 Å². The predicted octanol–water partition coefficient (Wildman–Crippen LogP) is 9.16. The van der Waals surface area contributed by atoms with E-state index >= 15 is 0 Å². The summed E-state index contributed by atoms with van der Waals surface area (Å²) in [5, 5.41) is 3.02. The van der Waals surface area contributed by atoms with E-state index in [0.29, 0.717) is 6.61 Å². The Balaban J connectivity index is 2.07. The summed E-state index contributed by atoms with van der Waals surface area (Å²) in [5.41, 5.74) is 4.92. The molecule has 5 nitrogen and oxygen atoms in total. The quantitative estimate of drug-likeness (QED) is 0.205. The molecule has 1 N–H and O–H groups in total. The third kappa shape index (κ3) is 8.62. The van der Waals surface area contributed by atoms with Crippen LogP contribution < -0.4 is 5.32 Å². The molecular formula is C32H41BrN2O3Si. The molecule has 0 aliphatic carbocycles. The maximum Gasteiger partial charge on any atom is 0.407 e. The minimum absolute atomic E-state index is 0.102. The van der Waals surface area contributed by atoms with Crippen molar-refractivity contribution in [3.8, 4) is 0 Å². The molecule has 0 spiro atoms. The number of carbonyl (C=O) groups excluding carboxylic acids is 1. The van der Waals surface area contributed by atoms with Gasteiger partial charge < -0.3 is 14.5 Å². The number of carbonyl (C=O) groups is 1. The van der Waals surface area contributed by atoms with Crippen LogP contribution in [0.5, 0.6) is 0 Å². The van der Waals surface area contributed by atoms with Crippen LogP contribution in [0.2, 0.25) is 18.1 Å². The first kappa shape index (κ1) is 30.8. The van der Waals surface area contributed by atoms with Crippen molar-refractivity contribution < 1.29 is 14.0 Å². The van der Waals surface area contributed by atoms with Crippen LogP contribution in [-0.2, 0) is 22.3 Å². The Kier molecular flexibility index (Phi) is 9.97. The largest absolute Gasteiger partial charge is 0.444 e. The van der Waals surface area contributed by atoms with Crippen molar-refractivity contribution in [3.63, 3.8) is 0 Å². The number of nitrogens with one attached hydrogen (secondary N) is 1. The highest BCUT2D eigenvalue weighted by Gasteiger charge is 2.37. The van der Waals surface area contributed by atoms with Gasteiger partial charge in [-0.3, -0.25) is 0 Å². The molecule has 0 heterocycles. The van der Waals surface area contributed by atoms with Crippen molar-refractivity contribution in [2.45, 2.75) is 78.4 Å². The first-order valence-corrected chi connectivity index (χ1v) is 17.0. The molecule has 3 aromatic carbocycles. The van der Waals surface area contributed by atoms with Crippen LogP contribution in [0.3, 0.4) is 0 Å². The number of halogens is 1. The van der Waals surface area contributed by atoms with Gasteiger partial charge in [0.05, 0.1) is 18.0 Å². The van der Waals surface area contributed by atoms with Crippen LogP contribution >= 0.6 is 15.9 Å². The van der Waals surface area contributed by atoms with Gasteiger partial charge in [-0.2, -0.15) is 0 Å². The van der Waals surface area contributed by atoms with E-state index in [4.69, 9.17) is 14.2 Å². The SMILES string of the molecule is CC(C)(C)OC(=O)NCc1c(N=C(c2ccccc2)c2ccccc2)ccc(CO[Si](C)(C)C(C)(C)C)c1Br. The molecule has 0 atom stereocenters. The highest BCUT2D eigenvalue weighted by atomic mass is 79.9. The molecule has 3 aromatic rings. The van der Waals surface area contributed by atoms with Crippen LogP contribution in [0.4, 0.5) is 10.5 Å². The van der Waals surface area contributed by atoms with Gasteiger partial charge in [-0.05, 0) is 66.5 Å². The average Bonchev–Trinajstić information content (AvgIpc) is 2.85. The van der Waals surface area contributed by atoms with Crippen molar-refractivity contribution in [1.29, 1.82) is 0 Å². The van der Waals surface area contributed by atoms with E-state index in [0.717, 1.165) is 38.1 Å². The summed E-state index contributed by atoms with van der Waals surface area (Å²) in [4.78, 5) is 17.7. The zero-order chi connectivity index (χ0) is 28.8. The van der Waals surface area contributed by atoms with E-state index < -0.39 is 20.0 Å². The summed E-state index contributed by atoms with van der Waals surface area (Å²) in [6.45, 7) is 17.5. The number of amides is 1. The molecule has 0 aromatic heterocycles. The number of hydrogen-bond donors (Lipinski definition) is 1. The van der Waals surface area contributed by atoms with E-state index in [1.54, 1.807) is 0 Å². The number of alkyl carbamates (subject to hydrolysis) is 1. The molecule has 3 rings (SSSR count). The van der Waals surface area contributed by atoms with Crippen molar-refractivity contribution in [1.82, 2.24) is 5.32 Å². The highest BCUT2D eigenvalue weighted by molar-refractivity contribution is 9.10. The molecule has 0 bridgehead atoms. The second kappa shape index (κ2) is 12.6. The third-order valence-corrected chi connectivity index (χ3v) is 12.3. The first-order valence-electron chi connectivity index (χ1n) is 13.3. The Morgan fingerprint density at radius 3 is 1.90 bits per heavy atom. The molecule has 1 amide bonds. The van der Waals surface area contributed by atoms with Gasteiger partial charge in [0.1, 0.15) is 5.60 Å². The summed E-state index contributed by atoms with van der Waals surface area (Å²) in [7, 11) is -1.96. The van der Waals surface area contributed by atoms with Gasteiger partial charge in [-0.1, -0.05) is 87.5 Å². The van der Waals surface area contributed by atoms with Crippen LogP contribution in [-0.4, -0.2) is 25.7 Å². The van der Waals surface area contributed by atoms with Crippen molar-refractivity contribution >= 4 is 41.7 Å². The molecule has 0 unspecified atom stereocenters. The minimum atomic E-state index is -1.96. The standard InChI is InChI=1S/C32H41BrN2O3Si/c1-31(2,3)38-30(36)34-21-26-27(20-19-25(28(26)33)22-37-39(7,8)32(4,5)6)35-29(23-15-11-9-12-16-23)24-17-13-10-14-18-24/h9-20H,21-22H2,1-8H3,(H,34,36). The van der Waals surface area contributed by atoms with Crippen LogP contribution in [0.25, 0.3) is 0 Å². The van der Waals surface area contributed by atoms with Gasteiger partial charge in [0.15, 0.2) is 8.32 Å². The molecule has 0 aliphatic heterocycles. The Bertz CT molecular complexity index is 1250. The molecule has 0 saturated carbocycles. The molecule has 39 heavy (non-hydrogen) atoms. The van der Waals surface area contributed by atoms with E-state index in [-0.39, 0.29) is 11.6 Å². The lowest BCUT2D eigenvalue weighted by atomic mass is 10.0. The van der Waals surface area contributed by atoms with Crippen molar-refractivity contribution in [2.24, 2.45) is 4.99 Å². The van der Waals surface area contributed by atoms with E-state index in [1.165, 1.54) is 0 Å². The Morgan fingerprint density at radius 2 is 1.41 bits per heavy atom. The summed E-state index contributed by atoms with van der Waals surface area (Å²) >= 11 is 3.84. The number of benzene rings is 3. The third-order valence-electron chi connectivity index (χ3n) is 6.83. The van der Waals surface area contributed by atoms with Gasteiger partial charge in [-0.25, -0.2) is 9.79 Å². The summed E-state index contributed by atoms with van der Waals surface area (Å²) in [5.74, 6) is 0. The highest BCUT2D eigenvalue weighted by Crippen LogP contribution is 2.38. The van der Waals surface area contributed by atoms with Crippen LogP contribution in [0.1, 0.15) is 63.8 Å². The van der Waals surface area contributed by atoms with Crippen LogP contribution in [0, 0.1) is 0 Å². The zero-order valence-corrected chi connectivity index (χ0v) is 27.0. The Hall–Kier alpha value is -2.74. The molecule has 7 heteroatoms. The topological polar surface area (TPSA) is 59.9 Å². The van der Waals surface area contributed by atoms with E-state index in [2.05, 4.69) is 85.4 Å². The molecule has 0 radical (unpaired) electrons. The van der Waals surface area contributed by atoms with Gasteiger partial charge in [0, 0.05) is 27.7 Å². The average molecular weight is 610 g/mol. The predicted molar refractivity (Wildman–Crippen MR) is 167 cm³/mol. The second-order valence-corrected chi connectivity index (χ2v) is 17.7. The number of nitrogens with zero attached hydrogens (tertiary/aromatic N) is 1.